The van der Waals surface area contributed by atoms with Crippen LogP contribution in [0.2, 0.25) is 0 Å². The maximum absolute atomic E-state index is 13.2. The molecule has 6 fully saturated rings. The predicted octanol–water partition coefficient (Wildman–Crippen LogP) is 7.75. The van der Waals surface area contributed by atoms with Gasteiger partial charge in [0.2, 0.25) is 0 Å². The second kappa shape index (κ2) is 15.5. The van der Waals surface area contributed by atoms with Crippen LogP contribution in [0.4, 0.5) is 0 Å². The molecule has 2 amide bonds. The molecule has 2 N–H and O–H groups in total. The van der Waals surface area contributed by atoms with E-state index in [4.69, 9.17) is 0 Å². The number of likely N-dealkylation sites (tertiary alicyclic amines) is 2. The van der Waals surface area contributed by atoms with Crippen LogP contribution in [0.25, 0.3) is 0 Å². The molecular weight excluding hydrogens is 592 g/mol. The molecule has 2 heterocycles. The van der Waals surface area contributed by atoms with Gasteiger partial charge >= 0.3 is 0 Å². The lowest BCUT2D eigenvalue weighted by Gasteiger charge is -2.30. The van der Waals surface area contributed by atoms with E-state index in [2.05, 4.69) is 70.7 Å². The van der Waals surface area contributed by atoms with E-state index in [1.165, 1.54) is 125 Å². The van der Waals surface area contributed by atoms with Crippen molar-refractivity contribution in [1.82, 2.24) is 20.4 Å². The molecule has 0 radical (unpaired) electrons. The average molecular weight is 653 g/mol. The van der Waals surface area contributed by atoms with Crippen molar-refractivity contribution in [3.63, 3.8) is 0 Å². The van der Waals surface area contributed by atoms with Crippen LogP contribution in [0.5, 0.6) is 0 Å². The third-order valence-electron chi connectivity index (χ3n) is 12.4. The highest BCUT2D eigenvalue weighted by atomic mass is 16.2. The van der Waals surface area contributed by atoms with Gasteiger partial charge < -0.3 is 10.6 Å². The van der Waals surface area contributed by atoms with E-state index in [1.807, 2.05) is 0 Å². The van der Waals surface area contributed by atoms with Crippen molar-refractivity contribution in [2.24, 2.45) is 0 Å². The van der Waals surface area contributed by atoms with Gasteiger partial charge in [0.15, 0.2) is 0 Å². The Bertz CT molecular complexity index is 1310. The topological polar surface area (TPSA) is 64.7 Å². The normalized spacial score (nSPS) is 27.5. The van der Waals surface area contributed by atoms with Gasteiger partial charge in [0.25, 0.3) is 11.8 Å². The van der Waals surface area contributed by atoms with Gasteiger partial charge in [0, 0.05) is 35.3 Å². The molecule has 2 saturated heterocycles. The van der Waals surface area contributed by atoms with Gasteiger partial charge in [-0.3, -0.25) is 19.4 Å². The summed E-state index contributed by atoms with van der Waals surface area (Å²) in [5, 5.41) is 6.88. The van der Waals surface area contributed by atoms with Crippen LogP contribution in [-0.4, -0.2) is 72.0 Å². The zero-order valence-corrected chi connectivity index (χ0v) is 29.8. The molecule has 8 rings (SSSR count). The van der Waals surface area contributed by atoms with Crippen molar-refractivity contribution in [3.8, 4) is 0 Å². The summed E-state index contributed by atoms with van der Waals surface area (Å²) < 4.78 is 0. The highest BCUT2D eigenvalue weighted by Gasteiger charge is 2.37. The first-order valence-corrected chi connectivity index (χ1v) is 19.9. The number of aryl methyl sites for hydroxylation is 2. The Morgan fingerprint density at radius 1 is 0.562 bits per heavy atom. The maximum atomic E-state index is 13.2. The van der Waals surface area contributed by atoms with E-state index in [0.717, 1.165) is 36.8 Å². The Labute approximate surface area is 289 Å². The van der Waals surface area contributed by atoms with Crippen molar-refractivity contribution < 1.29 is 9.59 Å². The lowest BCUT2D eigenvalue weighted by Crippen LogP contribution is -2.48. The Morgan fingerprint density at radius 3 is 1.31 bits per heavy atom. The van der Waals surface area contributed by atoms with E-state index in [9.17, 15) is 9.59 Å². The summed E-state index contributed by atoms with van der Waals surface area (Å²) in [7, 11) is 0. The Hall–Kier alpha value is -2.70. The molecule has 0 spiro atoms. The van der Waals surface area contributed by atoms with E-state index in [-0.39, 0.29) is 11.8 Å². The first kappa shape index (κ1) is 33.8. The molecule has 6 heteroatoms. The summed E-state index contributed by atoms with van der Waals surface area (Å²) >= 11 is 0. The molecule has 2 aromatic rings. The van der Waals surface area contributed by atoms with Gasteiger partial charge in [-0.1, -0.05) is 50.2 Å². The van der Waals surface area contributed by atoms with E-state index >= 15 is 0 Å². The van der Waals surface area contributed by atoms with Crippen molar-refractivity contribution >= 4 is 11.8 Å². The maximum Gasteiger partial charge on any atom is 0.252 e. The summed E-state index contributed by atoms with van der Waals surface area (Å²) in [6.45, 7) is 9.19. The number of nitrogens with zero attached hydrogens (tertiary/aromatic N) is 2. The minimum absolute atomic E-state index is 0.186. The van der Waals surface area contributed by atoms with Crippen molar-refractivity contribution in [3.05, 3.63) is 69.8 Å². The van der Waals surface area contributed by atoms with E-state index in [1.54, 1.807) is 0 Å². The largest absolute Gasteiger partial charge is 0.348 e. The molecule has 6 aliphatic rings. The molecule has 6 nitrogen and oxygen atoms in total. The van der Waals surface area contributed by atoms with E-state index < -0.39 is 0 Å². The molecule has 0 bridgehead atoms. The quantitative estimate of drug-likeness (QED) is 0.276. The number of hydrogen-bond donors (Lipinski definition) is 2. The predicted molar refractivity (Wildman–Crippen MR) is 195 cm³/mol. The second-order valence-electron chi connectivity index (χ2n) is 15.7. The Morgan fingerprint density at radius 2 is 0.958 bits per heavy atom. The summed E-state index contributed by atoms with van der Waals surface area (Å²) in [4.78, 5) is 31.6. The van der Waals surface area contributed by atoms with Crippen molar-refractivity contribution in [2.45, 2.75) is 153 Å². The van der Waals surface area contributed by atoms with Crippen LogP contribution in [0, 0.1) is 0 Å². The fourth-order valence-electron chi connectivity index (χ4n) is 9.57. The zero-order chi connectivity index (χ0) is 33.0. The first-order chi connectivity index (χ1) is 23.6. The third kappa shape index (κ3) is 7.55. The highest BCUT2D eigenvalue weighted by molar-refractivity contribution is 5.98. The molecule has 4 aliphatic carbocycles. The average Bonchev–Trinajstić information content (AvgIpc) is 3.83. The molecule has 4 saturated carbocycles. The van der Waals surface area contributed by atoms with Gasteiger partial charge in [0.1, 0.15) is 0 Å². The molecule has 48 heavy (non-hydrogen) atoms. The van der Waals surface area contributed by atoms with Gasteiger partial charge in [-0.2, -0.15) is 0 Å². The van der Waals surface area contributed by atoms with Crippen LogP contribution in [0.3, 0.4) is 0 Å². The molecule has 2 aromatic carbocycles. The van der Waals surface area contributed by atoms with Gasteiger partial charge in [-0.05, 0) is 163 Å². The van der Waals surface area contributed by atoms with Crippen LogP contribution in [0.15, 0.2) is 36.4 Å². The number of carbonyl (C=O) groups is 2. The lowest BCUT2D eigenvalue weighted by atomic mass is 9.95. The SMILES string of the molecule is CCc1cccc(C2CC2)c1C(=O)N[C@@H]1CCC[C@@H]1N1CCCC1.CCc1cccc(C2CC2)c1C(=O)N[C@@H]1CCC[C@@H]1N1CCCC1. The van der Waals surface area contributed by atoms with Crippen LogP contribution < -0.4 is 10.6 Å². The number of nitrogens with one attached hydrogen (secondary N) is 2. The summed E-state index contributed by atoms with van der Waals surface area (Å²) in [6.07, 6.45) is 19.4. The van der Waals surface area contributed by atoms with Crippen LogP contribution in [0.1, 0.15) is 159 Å². The number of hydrogen-bond acceptors (Lipinski definition) is 4. The van der Waals surface area contributed by atoms with Crippen molar-refractivity contribution in [2.75, 3.05) is 26.2 Å². The zero-order valence-electron chi connectivity index (χ0n) is 29.8. The first-order valence-electron chi connectivity index (χ1n) is 19.9. The fourth-order valence-corrected chi connectivity index (χ4v) is 9.57. The summed E-state index contributed by atoms with van der Waals surface area (Å²) in [6, 6.07) is 14.7. The lowest BCUT2D eigenvalue weighted by molar-refractivity contribution is 0.0902. The van der Waals surface area contributed by atoms with Gasteiger partial charge in [-0.25, -0.2) is 0 Å². The molecule has 0 unspecified atom stereocenters. The molecule has 260 valence electrons. The third-order valence-corrected chi connectivity index (χ3v) is 12.4. The minimum Gasteiger partial charge on any atom is -0.348 e. The molecule has 4 atom stereocenters. The minimum atomic E-state index is 0.186. The highest BCUT2D eigenvalue weighted by Crippen LogP contribution is 2.43. The standard InChI is InChI=1S/2C21H30N2O/c2*1-2-15-7-5-8-17(16-11-12-16)20(15)21(24)22-18-9-6-10-19(18)23-13-3-4-14-23/h2*5,7-8,16,18-19H,2-4,6,9-14H2,1H3,(H,22,24)/t2*18-,19+/m11/s1. The number of benzene rings is 2. The van der Waals surface area contributed by atoms with Gasteiger partial charge in [-0.15, -0.1) is 0 Å². The van der Waals surface area contributed by atoms with Crippen molar-refractivity contribution in [1.29, 1.82) is 0 Å². The molecule has 2 aliphatic heterocycles. The Kier molecular flexibility index (Phi) is 10.9. The smallest absolute Gasteiger partial charge is 0.252 e. The van der Waals surface area contributed by atoms with E-state index in [0.29, 0.717) is 36.0 Å². The van der Waals surface area contributed by atoms with Gasteiger partial charge in [0.05, 0.1) is 0 Å². The number of rotatable bonds is 10. The molecule has 0 aromatic heterocycles. The number of carbonyl (C=O) groups excluding carboxylic acids is 2. The monoisotopic (exact) mass is 652 g/mol. The molecular formula is C42H60N4O2. The van der Waals surface area contributed by atoms with Crippen LogP contribution >= 0.6 is 0 Å². The van der Waals surface area contributed by atoms with Crippen LogP contribution in [-0.2, 0) is 12.8 Å². The second-order valence-corrected chi connectivity index (χ2v) is 15.7. The Balaban J connectivity index is 0.000000152. The fraction of sp³-hybridized carbons (Fsp3) is 0.667. The summed E-state index contributed by atoms with van der Waals surface area (Å²) in [5.41, 5.74) is 7.01. The summed E-state index contributed by atoms with van der Waals surface area (Å²) in [5.74, 6) is 1.61. The number of amides is 2.